The molecule has 0 unspecified atom stereocenters. The molecule has 1 amide bonds. The molecular formula is C21H19N5O2. The normalized spacial score (nSPS) is 10.9. The number of aromatic hydroxyl groups is 1. The monoisotopic (exact) mass is 373 g/mol. The number of amides is 1. The maximum Gasteiger partial charge on any atom is 0.251 e. The Morgan fingerprint density at radius 1 is 1.07 bits per heavy atom. The molecule has 0 bridgehead atoms. The maximum absolute atomic E-state index is 11.1. The molecule has 0 fully saturated rings. The molecule has 0 radical (unpaired) electrons. The Morgan fingerprint density at radius 2 is 1.82 bits per heavy atom. The minimum atomic E-state index is -0.556. The zero-order chi connectivity index (χ0) is 19.5. The summed E-state index contributed by atoms with van der Waals surface area (Å²) in [5.41, 5.74) is 8.63. The van der Waals surface area contributed by atoms with Crippen molar-refractivity contribution in [3.63, 3.8) is 0 Å². The lowest BCUT2D eigenvalue weighted by Crippen LogP contribution is -2.12. The highest BCUT2D eigenvalue weighted by Crippen LogP contribution is 2.26. The summed E-state index contributed by atoms with van der Waals surface area (Å²) in [5.74, 6) is 0.116. The second-order valence-electron chi connectivity index (χ2n) is 6.45. The van der Waals surface area contributed by atoms with Crippen LogP contribution in [-0.4, -0.2) is 25.5 Å². The van der Waals surface area contributed by atoms with Gasteiger partial charge in [0.1, 0.15) is 5.75 Å². The molecule has 140 valence electrons. The Hall–Kier alpha value is -3.87. The Kier molecular flexibility index (Phi) is 4.63. The van der Waals surface area contributed by atoms with Gasteiger partial charge in [-0.3, -0.25) is 4.79 Å². The number of carbonyl (C=O) groups excluding carboxylic acids is 1. The fourth-order valence-electron chi connectivity index (χ4n) is 3.08. The number of benzene rings is 2. The average Bonchev–Trinajstić information content (AvgIpc) is 3.12. The quantitative estimate of drug-likeness (QED) is 0.481. The standard InChI is InChI=1S/C21H19N5O2/c22-20(28)15-12-23-21(24-13-15)25-18-2-1-3-19-17(18)9-11-26(19)10-8-14-4-6-16(27)7-5-14/h1-7,9,11-13,27H,8,10H2,(H2,22,28)(H,23,24,25). The predicted octanol–water partition coefficient (Wildman–Crippen LogP) is 3.22. The predicted molar refractivity (Wildman–Crippen MR) is 108 cm³/mol. The van der Waals surface area contributed by atoms with E-state index in [0.717, 1.165) is 35.1 Å². The van der Waals surface area contributed by atoms with Crippen LogP contribution in [0.3, 0.4) is 0 Å². The van der Waals surface area contributed by atoms with Gasteiger partial charge in [0.25, 0.3) is 5.91 Å². The summed E-state index contributed by atoms with van der Waals surface area (Å²) >= 11 is 0. The number of hydrogen-bond acceptors (Lipinski definition) is 5. The van der Waals surface area contributed by atoms with E-state index in [-0.39, 0.29) is 11.3 Å². The fraction of sp³-hybridized carbons (Fsp3) is 0.0952. The fourth-order valence-corrected chi connectivity index (χ4v) is 3.08. The summed E-state index contributed by atoms with van der Waals surface area (Å²) in [7, 11) is 0. The molecule has 2 aromatic heterocycles. The van der Waals surface area contributed by atoms with E-state index in [9.17, 15) is 9.90 Å². The van der Waals surface area contributed by atoms with Gasteiger partial charge in [-0.05, 0) is 42.3 Å². The van der Waals surface area contributed by atoms with Gasteiger partial charge < -0.3 is 20.7 Å². The molecule has 0 aliphatic carbocycles. The van der Waals surface area contributed by atoms with Crippen LogP contribution >= 0.6 is 0 Å². The first-order valence-corrected chi connectivity index (χ1v) is 8.85. The number of nitrogens with one attached hydrogen (secondary N) is 1. The van der Waals surface area contributed by atoms with Crippen molar-refractivity contribution in [2.45, 2.75) is 13.0 Å². The van der Waals surface area contributed by atoms with Crippen molar-refractivity contribution in [3.8, 4) is 5.75 Å². The molecule has 28 heavy (non-hydrogen) atoms. The summed E-state index contributed by atoms with van der Waals surface area (Å²) in [6.45, 7) is 0.821. The number of aromatic nitrogens is 3. The smallest absolute Gasteiger partial charge is 0.251 e. The van der Waals surface area contributed by atoms with Crippen LogP contribution in [0.1, 0.15) is 15.9 Å². The van der Waals surface area contributed by atoms with Crippen LogP contribution < -0.4 is 11.1 Å². The molecule has 7 nitrogen and oxygen atoms in total. The first-order chi connectivity index (χ1) is 13.6. The molecule has 2 heterocycles. The second kappa shape index (κ2) is 7.40. The lowest BCUT2D eigenvalue weighted by atomic mass is 10.1. The second-order valence-corrected chi connectivity index (χ2v) is 6.45. The van der Waals surface area contributed by atoms with Crippen molar-refractivity contribution in [2.75, 3.05) is 5.32 Å². The molecule has 0 aliphatic heterocycles. The highest BCUT2D eigenvalue weighted by atomic mass is 16.3. The van der Waals surface area contributed by atoms with Crippen LogP contribution in [0.15, 0.2) is 67.1 Å². The van der Waals surface area contributed by atoms with E-state index in [2.05, 4.69) is 25.9 Å². The van der Waals surface area contributed by atoms with Crippen molar-refractivity contribution in [1.29, 1.82) is 0 Å². The molecule has 4 rings (SSSR count). The van der Waals surface area contributed by atoms with Gasteiger partial charge in [0.15, 0.2) is 0 Å². The third kappa shape index (κ3) is 3.64. The number of nitrogens with two attached hydrogens (primary N) is 1. The molecule has 0 saturated carbocycles. The highest BCUT2D eigenvalue weighted by molar-refractivity contribution is 5.94. The van der Waals surface area contributed by atoms with Crippen LogP contribution in [0, 0.1) is 0 Å². The largest absolute Gasteiger partial charge is 0.508 e. The van der Waals surface area contributed by atoms with E-state index < -0.39 is 5.91 Å². The van der Waals surface area contributed by atoms with Crippen LogP contribution in [0.4, 0.5) is 11.6 Å². The van der Waals surface area contributed by atoms with Crippen molar-refractivity contribution in [2.24, 2.45) is 5.73 Å². The van der Waals surface area contributed by atoms with Crippen LogP contribution in [0.2, 0.25) is 0 Å². The topological polar surface area (TPSA) is 106 Å². The lowest BCUT2D eigenvalue weighted by molar-refractivity contribution is 0.0999. The molecule has 0 aliphatic rings. The third-order valence-corrected chi connectivity index (χ3v) is 4.57. The zero-order valence-corrected chi connectivity index (χ0v) is 15.0. The van der Waals surface area contributed by atoms with Gasteiger partial charge in [-0.15, -0.1) is 0 Å². The number of rotatable bonds is 6. The van der Waals surface area contributed by atoms with Crippen molar-refractivity contribution in [1.82, 2.24) is 14.5 Å². The van der Waals surface area contributed by atoms with E-state index in [4.69, 9.17) is 5.73 Å². The number of aryl methyl sites for hydroxylation is 2. The van der Waals surface area contributed by atoms with Crippen molar-refractivity contribution >= 4 is 28.4 Å². The maximum atomic E-state index is 11.1. The van der Waals surface area contributed by atoms with E-state index in [1.165, 1.54) is 12.4 Å². The molecular weight excluding hydrogens is 354 g/mol. The summed E-state index contributed by atoms with van der Waals surface area (Å²) in [6.07, 6.45) is 5.72. The number of nitrogens with zero attached hydrogens (tertiary/aromatic N) is 3. The highest BCUT2D eigenvalue weighted by Gasteiger charge is 2.08. The SMILES string of the molecule is NC(=O)c1cnc(Nc2cccc3c2ccn3CCc2ccc(O)cc2)nc1. The van der Waals surface area contributed by atoms with Crippen LogP contribution in [0.5, 0.6) is 5.75 Å². The summed E-state index contributed by atoms with van der Waals surface area (Å²) in [5, 5.41) is 13.6. The molecule has 2 aromatic carbocycles. The van der Waals surface area contributed by atoms with E-state index in [0.29, 0.717) is 5.95 Å². The van der Waals surface area contributed by atoms with Gasteiger partial charge in [-0.1, -0.05) is 18.2 Å². The van der Waals surface area contributed by atoms with E-state index >= 15 is 0 Å². The molecule has 0 spiro atoms. The number of hydrogen-bond donors (Lipinski definition) is 3. The third-order valence-electron chi connectivity index (χ3n) is 4.57. The summed E-state index contributed by atoms with van der Waals surface area (Å²) in [4.78, 5) is 19.4. The number of carbonyl (C=O) groups is 1. The number of anilines is 2. The number of phenols is 1. The summed E-state index contributed by atoms with van der Waals surface area (Å²) < 4.78 is 2.18. The van der Waals surface area contributed by atoms with Crippen molar-refractivity contribution < 1.29 is 9.90 Å². The zero-order valence-electron chi connectivity index (χ0n) is 15.0. The van der Waals surface area contributed by atoms with E-state index in [1.807, 2.05) is 36.5 Å². The van der Waals surface area contributed by atoms with Crippen LogP contribution in [-0.2, 0) is 13.0 Å². The number of primary amides is 1. The molecule has 7 heteroatoms. The summed E-state index contributed by atoms with van der Waals surface area (Å²) in [6, 6.07) is 15.3. The molecule has 4 N–H and O–H groups in total. The lowest BCUT2D eigenvalue weighted by Gasteiger charge is -2.09. The Balaban J connectivity index is 1.54. The van der Waals surface area contributed by atoms with Gasteiger partial charge in [0, 0.05) is 30.5 Å². The van der Waals surface area contributed by atoms with Crippen LogP contribution in [0.25, 0.3) is 10.9 Å². The van der Waals surface area contributed by atoms with Gasteiger partial charge in [0.05, 0.1) is 16.8 Å². The van der Waals surface area contributed by atoms with Gasteiger partial charge in [-0.2, -0.15) is 0 Å². The van der Waals surface area contributed by atoms with Gasteiger partial charge in [0.2, 0.25) is 5.95 Å². The van der Waals surface area contributed by atoms with Gasteiger partial charge >= 0.3 is 0 Å². The van der Waals surface area contributed by atoms with E-state index in [1.54, 1.807) is 12.1 Å². The Labute approximate surface area is 161 Å². The first-order valence-electron chi connectivity index (χ1n) is 8.85. The minimum Gasteiger partial charge on any atom is -0.508 e. The first kappa shape index (κ1) is 17.5. The molecule has 4 aromatic rings. The Morgan fingerprint density at radius 3 is 2.54 bits per heavy atom. The Bertz CT molecular complexity index is 1120. The van der Waals surface area contributed by atoms with Gasteiger partial charge in [-0.25, -0.2) is 9.97 Å². The number of fused-ring (bicyclic) bond motifs is 1. The van der Waals surface area contributed by atoms with Crippen molar-refractivity contribution in [3.05, 3.63) is 78.2 Å². The minimum absolute atomic E-state index is 0.268. The number of phenolic OH excluding ortho intramolecular Hbond substituents is 1. The molecule has 0 saturated heterocycles. The average molecular weight is 373 g/mol. The molecule has 0 atom stereocenters.